The molecule has 0 aromatic heterocycles. The van der Waals surface area contributed by atoms with Gasteiger partial charge in [-0.1, -0.05) is 25.7 Å². The lowest BCUT2D eigenvalue weighted by Crippen LogP contribution is -2.61. The molecule has 3 fully saturated rings. The summed E-state index contributed by atoms with van der Waals surface area (Å²) in [5.41, 5.74) is -0.431. The summed E-state index contributed by atoms with van der Waals surface area (Å²) >= 11 is 0. The fourth-order valence-electron chi connectivity index (χ4n) is 4.94. The summed E-state index contributed by atoms with van der Waals surface area (Å²) < 4.78 is 5.69. The van der Waals surface area contributed by atoms with Crippen molar-refractivity contribution in [3.8, 4) is 0 Å². The Hall–Kier alpha value is -0.360. The summed E-state index contributed by atoms with van der Waals surface area (Å²) in [5.74, 6) is 0.105. The summed E-state index contributed by atoms with van der Waals surface area (Å²) in [5, 5.41) is 6.64. The molecular formula is C19H36ClN3O2. The molecule has 5 nitrogen and oxygen atoms in total. The van der Waals surface area contributed by atoms with Crippen molar-refractivity contribution in [1.82, 2.24) is 15.5 Å². The highest BCUT2D eigenvalue weighted by atomic mass is 35.5. The molecule has 2 N–H and O–H groups in total. The molecule has 1 aliphatic carbocycles. The Kier molecular flexibility index (Phi) is 7.99. The van der Waals surface area contributed by atoms with E-state index in [2.05, 4.69) is 15.5 Å². The molecule has 1 saturated carbocycles. The van der Waals surface area contributed by atoms with Crippen LogP contribution in [0.2, 0.25) is 0 Å². The number of amides is 1. The SMILES string of the molecule is COC1(C(=O)NCC2(N3CCCCC3)CCCCC2)CCNCC1.Cl. The van der Waals surface area contributed by atoms with Crippen LogP contribution in [0.25, 0.3) is 0 Å². The van der Waals surface area contributed by atoms with Gasteiger partial charge in [-0.15, -0.1) is 12.4 Å². The van der Waals surface area contributed by atoms with E-state index in [-0.39, 0.29) is 23.9 Å². The summed E-state index contributed by atoms with van der Waals surface area (Å²) in [7, 11) is 1.69. The zero-order valence-electron chi connectivity index (χ0n) is 15.8. The number of methoxy groups -OCH3 is 1. The van der Waals surface area contributed by atoms with Crippen molar-refractivity contribution in [2.75, 3.05) is 39.8 Å². The Labute approximate surface area is 159 Å². The molecule has 1 amide bonds. The number of likely N-dealkylation sites (tertiary alicyclic amines) is 1. The molecule has 2 heterocycles. The molecule has 146 valence electrons. The van der Waals surface area contributed by atoms with Gasteiger partial charge in [0.2, 0.25) is 0 Å². The van der Waals surface area contributed by atoms with Gasteiger partial charge in [-0.25, -0.2) is 0 Å². The lowest BCUT2D eigenvalue weighted by Gasteiger charge is -2.49. The summed E-state index contributed by atoms with van der Waals surface area (Å²) in [6.45, 7) is 4.92. The lowest BCUT2D eigenvalue weighted by atomic mass is 9.79. The second-order valence-electron chi connectivity index (χ2n) is 7.96. The Balaban J connectivity index is 0.00000225. The largest absolute Gasteiger partial charge is 0.368 e. The number of nitrogens with one attached hydrogen (secondary N) is 2. The third-order valence-corrected chi connectivity index (χ3v) is 6.60. The van der Waals surface area contributed by atoms with E-state index in [1.165, 1.54) is 64.5 Å². The average Bonchev–Trinajstić information content (AvgIpc) is 2.68. The number of carbonyl (C=O) groups is 1. The van der Waals surface area contributed by atoms with Crippen LogP contribution < -0.4 is 10.6 Å². The van der Waals surface area contributed by atoms with Gasteiger partial charge >= 0.3 is 0 Å². The van der Waals surface area contributed by atoms with E-state index in [0.29, 0.717) is 0 Å². The maximum atomic E-state index is 12.9. The van der Waals surface area contributed by atoms with Crippen LogP contribution in [0.5, 0.6) is 0 Å². The molecule has 6 heteroatoms. The van der Waals surface area contributed by atoms with Crippen LogP contribution >= 0.6 is 12.4 Å². The molecule has 0 unspecified atom stereocenters. The molecule has 2 aliphatic heterocycles. The van der Waals surface area contributed by atoms with E-state index in [1.54, 1.807) is 7.11 Å². The van der Waals surface area contributed by atoms with Crippen molar-refractivity contribution in [1.29, 1.82) is 0 Å². The van der Waals surface area contributed by atoms with Gasteiger partial charge in [0, 0.05) is 19.2 Å². The normalized spacial score (nSPS) is 26.4. The van der Waals surface area contributed by atoms with Gasteiger partial charge in [0.1, 0.15) is 5.60 Å². The Morgan fingerprint density at radius 1 is 1.00 bits per heavy atom. The van der Waals surface area contributed by atoms with Crippen LogP contribution in [0.1, 0.15) is 64.2 Å². The summed E-state index contributed by atoms with van der Waals surface area (Å²) in [6.07, 6.45) is 11.9. The number of hydrogen-bond donors (Lipinski definition) is 2. The standard InChI is InChI=1S/C19H35N3O2.ClH/c1-24-19(10-12-20-13-11-19)17(23)21-16-18(8-4-2-5-9-18)22-14-6-3-7-15-22;/h20H,2-16H2,1H3,(H,21,23);1H. The van der Waals surface area contributed by atoms with E-state index >= 15 is 0 Å². The Morgan fingerprint density at radius 3 is 2.20 bits per heavy atom. The second kappa shape index (κ2) is 9.54. The third-order valence-electron chi connectivity index (χ3n) is 6.60. The minimum atomic E-state index is -0.622. The van der Waals surface area contributed by atoms with Gasteiger partial charge in [0.15, 0.2) is 0 Å². The number of nitrogens with zero attached hydrogens (tertiary/aromatic N) is 1. The highest BCUT2D eigenvalue weighted by Gasteiger charge is 2.43. The smallest absolute Gasteiger partial charge is 0.252 e. The Morgan fingerprint density at radius 2 is 1.60 bits per heavy atom. The number of ether oxygens (including phenoxy) is 1. The second-order valence-corrected chi connectivity index (χ2v) is 7.96. The summed E-state index contributed by atoms with van der Waals surface area (Å²) in [6, 6.07) is 0. The molecule has 0 aromatic rings. The van der Waals surface area contributed by atoms with Crippen molar-refractivity contribution >= 4 is 18.3 Å². The van der Waals surface area contributed by atoms with Gasteiger partial charge < -0.3 is 15.4 Å². The number of carbonyl (C=O) groups excluding carboxylic acids is 1. The first-order valence-corrected chi connectivity index (χ1v) is 10.0. The molecule has 0 bridgehead atoms. The average molecular weight is 374 g/mol. The fraction of sp³-hybridized carbons (Fsp3) is 0.947. The maximum Gasteiger partial charge on any atom is 0.252 e. The van der Waals surface area contributed by atoms with Gasteiger partial charge in [-0.2, -0.15) is 0 Å². The number of hydrogen-bond acceptors (Lipinski definition) is 4. The van der Waals surface area contributed by atoms with Crippen LogP contribution in [-0.4, -0.2) is 61.8 Å². The molecular weight excluding hydrogens is 338 g/mol. The molecule has 0 spiro atoms. The maximum absolute atomic E-state index is 12.9. The molecule has 0 radical (unpaired) electrons. The molecule has 2 saturated heterocycles. The van der Waals surface area contributed by atoms with Gasteiger partial charge in [0.25, 0.3) is 5.91 Å². The van der Waals surface area contributed by atoms with Crippen LogP contribution in [0.4, 0.5) is 0 Å². The molecule has 3 rings (SSSR count). The van der Waals surface area contributed by atoms with E-state index in [1.807, 2.05) is 0 Å². The van der Waals surface area contributed by atoms with Crippen LogP contribution in [0, 0.1) is 0 Å². The quantitative estimate of drug-likeness (QED) is 0.777. The predicted octanol–water partition coefficient (Wildman–Crippen LogP) is 2.48. The fourth-order valence-corrected chi connectivity index (χ4v) is 4.94. The monoisotopic (exact) mass is 373 g/mol. The van der Waals surface area contributed by atoms with Gasteiger partial charge in [-0.05, 0) is 64.7 Å². The highest BCUT2D eigenvalue weighted by Crippen LogP contribution is 2.35. The molecule has 0 atom stereocenters. The number of halogens is 1. The molecule has 3 aliphatic rings. The van der Waals surface area contributed by atoms with Crippen LogP contribution in [0.15, 0.2) is 0 Å². The van der Waals surface area contributed by atoms with E-state index in [4.69, 9.17) is 4.74 Å². The van der Waals surface area contributed by atoms with E-state index in [9.17, 15) is 4.79 Å². The molecule has 25 heavy (non-hydrogen) atoms. The van der Waals surface area contributed by atoms with Crippen LogP contribution in [0.3, 0.4) is 0 Å². The van der Waals surface area contributed by atoms with Crippen molar-refractivity contribution in [2.24, 2.45) is 0 Å². The van der Waals surface area contributed by atoms with Crippen molar-refractivity contribution in [3.63, 3.8) is 0 Å². The van der Waals surface area contributed by atoms with Gasteiger partial charge in [0.05, 0.1) is 0 Å². The number of rotatable bonds is 5. The minimum Gasteiger partial charge on any atom is -0.368 e. The van der Waals surface area contributed by atoms with Crippen LogP contribution in [-0.2, 0) is 9.53 Å². The minimum absolute atomic E-state index is 0. The van der Waals surface area contributed by atoms with Crippen molar-refractivity contribution in [3.05, 3.63) is 0 Å². The van der Waals surface area contributed by atoms with E-state index < -0.39 is 5.60 Å². The first-order chi connectivity index (χ1) is 11.7. The topological polar surface area (TPSA) is 53.6 Å². The molecule has 0 aromatic carbocycles. The number of piperidine rings is 2. The Bertz CT molecular complexity index is 415. The van der Waals surface area contributed by atoms with Crippen molar-refractivity contribution < 1.29 is 9.53 Å². The zero-order valence-corrected chi connectivity index (χ0v) is 16.6. The van der Waals surface area contributed by atoms with E-state index in [0.717, 1.165) is 32.5 Å². The lowest BCUT2D eigenvalue weighted by molar-refractivity contribution is -0.147. The third kappa shape index (κ3) is 4.68. The summed E-state index contributed by atoms with van der Waals surface area (Å²) in [4.78, 5) is 15.6. The van der Waals surface area contributed by atoms with Crippen molar-refractivity contribution in [2.45, 2.75) is 75.3 Å². The predicted molar refractivity (Wildman–Crippen MR) is 103 cm³/mol. The highest BCUT2D eigenvalue weighted by molar-refractivity contribution is 5.85. The zero-order chi connectivity index (χ0) is 16.9. The van der Waals surface area contributed by atoms with Gasteiger partial charge in [-0.3, -0.25) is 9.69 Å². The first-order valence-electron chi connectivity index (χ1n) is 10.0. The first kappa shape index (κ1) is 20.9.